The normalized spacial score (nSPS) is 12.6. The average molecular weight is 321 g/mol. The molecule has 1 atom stereocenters. The van der Waals surface area contributed by atoms with Crippen LogP contribution < -0.4 is 4.89 Å². The number of benzene rings is 1. The Labute approximate surface area is 143 Å². The summed E-state index contributed by atoms with van der Waals surface area (Å²) in [5.41, 5.74) is 2.48. The fraction of sp³-hybridized carbons (Fsp3) is 0.714. The quantitative estimate of drug-likeness (QED) is 0.249. The minimum atomic E-state index is 0.427. The molecule has 1 aromatic carbocycles. The van der Waals surface area contributed by atoms with Gasteiger partial charge in [0.1, 0.15) is 0 Å². The maximum Gasteiger partial charge on any atom is 0.168 e. The zero-order valence-electron chi connectivity index (χ0n) is 15.6. The zero-order chi connectivity index (χ0) is 17.1. The molecule has 0 aliphatic carbocycles. The molecule has 23 heavy (non-hydrogen) atoms. The predicted molar refractivity (Wildman–Crippen MR) is 99.4 cm³/mol. The van der Waals surface area contributed by atoms with Crippen LogP contribution in [0.1, 0.15) is 108 Å². The fourth-order valence-corrected chi connectivity index (χ4v) is 3.40. The van der Waals surface area contributed by atoms with Crippen molar-refractivity contribution in [3.63, 3.8) is 0 Å². The summed E-state index contributed by atoms with van der Waals surface area (Å²) < 4.78 is 0. The molecular weight excluding hydrogens is 284 g/mol. The first kappa shape index (κ1) is 20.0. The standard InChI is InChI=1S/C21H36O2/c1-5-6-7-8-9-10-11-12-14-18(4)21-19(17(2)3)15-13-16-20(21)23-22/h13,15-18,22H,5-12,14H2,1-4H3. The molecule has 1 aromatic rings. The number of hydrogen-bond acceptors (Lipinski definition) is 2. The van der Waals surface area contributed by atoms with E-state index in [2.05, 4.69) is 38.6 Å². The maximum atomic E-state index is 9.19. The van der Waals surface area contributed by atoms with Gasteiger partial charge >= 0.3 is 0 Å². The van der Waals surface area contributed by atoms with E-state index in [4.69, 9.17) is 0 Å². The van der Waals surface area contributed by atoms with Gasteiger partial charge in [0.25, 0.3) is 0 Å². The molecule has 132 valence electrons. The highest BCUT2D eigenvalue weighted by atomic mass is 17.1. The van der Waals surface area contributed by atoms with Crippen LogP contribution in [0.4, 0.5) is 0 Å². The molecule has 0 fully saturated rings. The van der Waals surface area contributed by atoms with Gasteiger partial charge in [-0.05, 0) is 29.9 Å². The third kappa shape index (κ3) is 6.95. The van der Waals surface area contributed by atoms with Gasteiger partial charge in [0.2, 0.25) is 0 Å². The van der Waals surface area contributed by atoms with Gasteiger partial charge in [-0.1, -0.05) is 91.2 Å². The van der Waals surface area contributed by atoms with Crippen LogP contribution in [0.25, 0.3) is 0 Å². The van der Waals surface area contributed by atoms with Gasteiger partial charge < -0.3 is 4.89 Å². The van der Waals surface area contributed by atoms with E-state index in [1.54, 1.807) is 0 Å². The Hall–Kier alpha value is -1.02. The van der Waals surface area contributed by atoms with Crippen molar-refractivity contribution >= 4 is 0 Å². The second-order valence-corrected chi connectivity index (χ2v) is 7.17. The van der Waals surface area contributed by atoms with Crippen molar-refractivity contribution in [1.82, 2.24) is 0 Å². The van der Waals surface area contributed by atoms with E-state index in [9.17, 15) is 5.26 Å². The van der Waals surface area contributed by atoms with Gasteiger partial charge in [0.15, 0.2) is 5.75 Å². The second kappa shape index (κ2) is 11.5. The first-order valence-corrected chi connectivity index (χ1v) is 9.56. The highest BCUT2D eigenvalue weighted by Crippen LogP contribution is 2.36. The fourth-order valence-electron chi connectivity index (χ4n) is 3.40. The summed E-state index contributed by atoms with van der Waals surface area (Å²) in [5.74, 6) is 1.50. The Morgan fingerprint density at radius 2 is 1.52 bits per heavy atom. The molecule has 0 radical (unpaired) electrons. The molecule has 0 aliphatic heterocycles. The first-order valence-electron chi connectivity index (χ1n) is 9.56. The topological polar surface area (TPSA) is 29.5 Å². The molecule has 0 saturated heterocycles. The number of rotatable bonds is 12. The summed E-state index contributed by atoms with van der Waals surface area (Å²) in [6.07, 6.45) is 12.0. The lowest BCUT2D eigenvalue weighted by Crippen LogP contribution is -2.04. The van der Waals surface area contributed by atoms with Crippen molar-refractivity contribution in [3.8, 4) is 5.75 Å². The van der Waals surface area contributed by atoms with Crippen LogP contribution in [0, 0.1) is 0 Å². The molecule has 2 heteroatoms. The number of unbranched alkanes of at least 4 members (excludes halogenated alkanes) is 7. The third-order valence-electron chi connectivity index (χ3n) is 4.80. The van der Waals surface area contributed by atoms with Crippen molar-refractivity contribution in [2.45, 2.75) is 97.3 Å². The lowest BCUT2D eigenvalue weighted by atomic mass is 9.86. The highest BCUT2D eigenvalue weighted by Gasteiger charge is 2.18. The van der Waals surface area contributed by atoms with Crippen LogP contribution in [-0.2, 0) is 0 Å². The highest BCUT2D eigenvalue weighted by molar-refractivity contribution is 5.43. The van der Waals surface area contributed by atoms with Crippen molar-refractivity contribution in [2.75, 3.05) is 0 Å². The molecule has 0 bridgehead atoms. The first-order chi connectivity index (χ1) is 11.1. The summed E-state index contributed by atoms with van der Waals surface area (Å²) in [5, 5.41) is 9.19. The van der Waals surface area contributed by atoms with Crippen molar-refractivity contribution < 1.29 is 10.1 Å². The van der Waals surface area contributed by atoms with Crippen LogP contribution in [-0.4, -0.2) is 5.26 Å². The van der Waals surface area contributed by atoms with Gasteiger partial charge in [0.05, 0.1) is 0 Å². The Morgan fingerprint density at radius 3 is 2.09 bits per heavy atom. The molecule has 2 nitrogen and oxygen atoms in total. The third-order valence-corrected chi connectivity index (χ3v) is 4.80. The lowest BCUT2D eigenvalue weighted by Gasteiger charge is -2.20. The smallest absolute Gasteiger partial charge is 0.168 e. The molecule has 0 aliphatic rings. The maximum absolute atomic E-state index is 9.19. The molecule has 0 saturated carbocycles. The Balaban J connectivity index is 2.44. The Bertz CT molecular complexity index is 426. The van der Waals surface area contributed by atoms with Crippen LogP contribution in [0.2, 0.25) is 0 Å². The predicted octanol–water partition coefficient (Wildman–Crippen LogP) is 7.30. The lowest BCUT2D eigenvalue weighted by molar-refractivity contribution is -0.138. The summed E-state index contributed by atoms with van der Waals surface area (Å²) in [6, 6.07) is 5.99. The van der Waals surface area contributed by atoms with Crippen molar-refractivity contribution in [1.29, 1.82) is 0 Å². The molecule has 0 spiro atoms. The largest absolute Gasteiger partial charge is 0.340 e. The van der Waals surface area contributed by atoms with E-state index >= 15 is 0 Å². The van der Waals surface area contributed by atoms with E-state index in [1.807, 2.05) is 12.1 Å². The minimum Gasteiger partial charge on any atom is -0.340 e. The van der Waals surface area contributed by atoms with Gasteiger partial charge in [-0.25, -0.2) is 5.26 Å². The molecule has 1 N–H and O–H groups in total. The Morgan fingerprint density at radius 1 is 0.913 bits per heavy atom. The van der Waals surface area contributed by atoms with E-state index < -0.39 is 0 Å². The van der Waals surface area contributed by atoms with Crippen LogP contribution in [0.15, 0.2) is 18.2 Å². The summed E-state index contributed by atoms with van der Waals surface area (Å²) in [6.45, 7) is 8.91. The minimum absolute atomic E-state index is 0.427. The van der Waals surface area contributed by atoms with Gasteiger partial charge in [-0.3, -0.25) is 0 Å². The van der Waals surface area contributed by atoms with E-state index in [0.29, 0.717) is 17.6 Å². The van der Waals surface area contributed by atoms with Gasteiger partial charge in [-0.2, -0.15) is 0 Å². The SMILES string of the molecule is CCCCCCCCCCC(C)c1c(OO)cccc1C(C)C. The van der Waals surface area contributed by atoms with E-state index in [-0.39, 0.29) is 0 Å². The molecule has 1 rings (SSSR count). The van der Waals surface area contributed by atoms with Crippen molar-refractivity contribution in [2.24, 2.45) is 0 Å². The molecular formula is C21H36O2. The summed E-state index contributed by atoms with van der Waals surface area (Å²) in [4.78, 5) is 4.64. The molecule has 0 heterocycles. The Kier molecular flexibility index (Phi) is 10.0. The number of hydrogen-bond donors (Lipinski definition) is 1. The van der Waals surface area contributed by atoms with E-state index in [0.717, 1.165) is 6.42 Å². The molecule has 1 unspecified atom stereocenters. The van der Waals surface area contributed by atoms with Crippen LogP contribution in [0.3, 0.4) is 0 Å². The van der Waals surface area contributed by atoms with E-state index in [1.165, 1.54) is 62.5 Å². The monoisotopic (exact) mass is 320 g/mol. The molecule has 0 aromatic heterocycles. The van der Waals surface area contributed by atoms with Crippen LogP contribution in [0.5, 0.6) is 5.75 Å². The van der Waals surface area contributed by atoms with Gasteiger partial charge in [0, 0.05) is 5.56 Å². The average Bonchev–Trinajstić information content (AvgIpc) is 2.56. The van der Waals surface area contributed by atoms with Crippen LogP contribution >= 0.6 is 0 Å². The summed E-state index contributed by atoms with van der Waals surface area (Å²) >= 11 is 0. The second-order valence-electron chi connectivity index (χ2n) is 7.17. The zero-order valence-corrected chi connectivity index (χ0v) is 15.6. The van der Waals surface area contributed by atoms with Gasteiger partial charge in [-0.15, -0.1) is 0 Å². The van der Waals surface area contributed by atoms with Crippen molar-refractivity contribution in [3.05, 3.63) is 29.3 Å². The summed E-state index contributed by atoms with van der Waals surface area (Å²) in [7, 11) is 0. The molecule has 0 amide bonds.